The second kappa shape index (κ2) is 7.85. The fraction of sp³-hybridized carbons (Fsp3) is 0.158. The van der Waals surface area contributed by atoms with Gasteiger partial charge >= 0.3 is 5.97 Å². The van der Waals surface area contributed by atoms with Crippen LogP contribution < -0.4 is 4.74 Å². The van der Waals surface area contributed by atoms with Gasteiger partial charge < -0.3 is 9.47 Å². The van der Waals surface area contributed by atoms with Gasteiger partial charge in [-0.25, -0.2) is 9.48 Å². The number of hydrogen-bond donors (Lipinski definition) is 0. The number of alkyl halides is 1. The number of aromatic nitrogens is 2. The molecule has 6 heteroatoms. The molecule has 0 spiro atoms. The van der Waals surface area contributed by atoms with Gasteiger partial charge in [0.25, 0.3) is 0 Å². The van der Waals surface area contributed by atoms with Gasteiger partial charge in [0.05, 0.1) is 18.7 Å². The molecule has 0 atom stereocenters. The number of rotatable bonds is 6. The van der Waals surface area contributed by atoms with Gasteiger partial charge in [-0.05, 0) is 36.4 Å². The van der Waals surface area contributed by atoms with E-state index in [1.807, 2.05) is 54.6 Å². The monoisotopic (exact) mass is 356 g/mol. The predicted octanol–water partition coefficient (Wildman–Crippen LogP) is 3.94. The normalized spacial score (nSPS) is 10.5. The van der Waals surface area contributed by atoms with E-state index in [0.717, 1.165) is 17.0 Å². The molecule has 0 aliphatic heterocycles. The molecular formula is C19H17ClN2O3. The highest BCUT2D eigenvalue weighted by Crippen LogP contribution is 2.26. The molecule has 2 aromatic carbocycles. The summed E-state index contributed by atoms with van der Waals surface area (Å²) >= 11 is 5.61. The van der Waals surface area contributed by atoms with Gasteiger partial charge in [-0.2, -0.15) is 5.10 Å². The number of carbonyl (C=O) groups is 1. The molecule has 0 fully saturated rings. The summed E-state index contributed by atoms with van der Waals surface area (Å²) in [7, 11) is 1.61. The van der Waals surface area contributed by atoms with E-state index >= 15 is 0 Å². The smallest absolute Gasteiger partial charge is 0.342 e. The average Bonchev–Trinajstić information content (AvgIpc) is 3.12. The lowest BCUT2D eigenvalue weighted by Crippen LogP contribution is -2.07. The fourth-order valence-electron chi connectivity index (χ4n) is 2.41. The predicted molar refractivity (Wildman–Crippen MR) is 96.6 cm³/mol. The van der Waals surface area contributed by atoms with Crippen LogP contribution in [-0.2, 0) is 4.74 Å². The Morgan fingerprint density at radius 3 is 2.48 bits per heavy atom. The second-order valence-electron chi connectivity index (χ2n) is 5.22. The van der Waals surface area contributed by atoms with Crippen molar-refractivity contribution < 1.29 is 14.3 Å². The number of halogens is 1. The van der Waals surface area contributed by atoms with E-state index in [2.05, 4.69) is 5.10 Å². The third-order valence-corrected chi connectivity index (χ3v) is 3.78. The van der Waals surface area contributed by atoms with Crippen molar-refractivity contribution in [3.63, 3.8) is 0 Å². The van der Waals surface area contributed by atoms with Gasteiger partial charge in [-0.3, -0.25) is 0 Å². The average molecular weight is 357 g/mol. The van der Waals surface area contributed by atoms with E-state index in [0.29, 0.717) is 11.3 Å². The van der Waals surface area contributed by atoms with Gasteiger partial charge in [-0.15, -0.1) is 11.6 Å². The lowest BCUT2D eigenvalue weighted by Gasteiger charge is -2.04. The molecule has 0 saturated carbocycles. The summed E-state index contributed by atoms with van der Waals surface area (Å²) in [5.74, 6) is 0.530. The first kappa shape index (κ1) is 17.0. The van der Waals surface area contributed by atoms with Gasteiger partial charge in [0.2, 0.25) is 0 Å². The van der Waals surface area contributed by atoms with Crippen LogP contribution in [0, 0.1) is 0 Å². The first-order valence-electron chi connectivity index (χ1n) is 7.75. The Kier molecular flexibility index (Phi) is 5.36. The van der Waals surface area contributed by atoms with Crippen molar-refractivity contribution in [3.8, 4) is 22.7 Å². The molecule has 0 unspecified atom stereocenters. The largest absolute Gasteiger partial charge is 0.497 e. The van der Waals surface area contributed by atoms with Crippen molar-refractivity contribution in [2.24, 2.45) is 0 Å². The van der Waals surface area contributed by atoms with Gasteiger partial charge in [0, 0.05) is 11.8 Å². The van der Waals surface area contributed by atoms with Crippen LogP contribution in [0.15, 0.2) is 60.8 Å². The van der Waals surface area contributed by atoms with Crippen LogP contribution in [0.1, 0.15) is 10.4 Å². The quantitative estimate of drug-likeness (QED) is 0.496. The Morgan fingerprint density at radius 2 is 1.84 bits per heavy atom. The maximum atomic E-state index is 12.4. The van der Waals surface area contributed by atoms with Crippen LogP contribution in [0.3, 0.4) is 0 Å². The van der Waals surface area contributed by atoms with Gasteiger partial charge in [-0.1, -0.05) is 18.2 Å². The van der Waals surface area contributed by atoms with Crippen LogP contribution in [0.25, 0.3) is 16.9 Å². The van der Waals surface area contributed by atoms with Crippen molar-refractivity contribution in [1.29, 1.82) is 0 Å². The summed E-state index contributed by atoms with van der Waals surface area (Å²) in [6, 6.07) is 16.9. The minimum absolute atomic E-state index is 0.152. The molecule has 5 nitrogen and oxygen atoms in total. The summed E-state index contributed by atoms with van der Waals surface area (Å²) in [6.45, 7) is 0.152. The van der Waals surface area contributed by atoms with E-state index in [1.54, 1.807) is 18.0 Å². The SMILES string of the molecule is COc1ccc(-c2nn(-c3ccccc3)cc2C(=O)OCCCl)cc1. The zero-order valence-electron chi connectivity index (χ0n) is 13.7. The topological polar surface area (TPSA) is 53.4 Å². The van der Waals surface area contributed by atoms with Crippen LogP contribution in [0.2, 0.25) is 0 Å². The molecule has 1 heterocycles. The molecule has 0 radical (unpaired) electrons. The second-order valence-corrected chi connectivity index (χ2v) is 5.60. The third-order valence-electron chi connectivity index (χ3n) is 3.63. The van der Waals surface area contributed by atoms with Crippen molar-refractivity contribution >= 4 is 17.6 Å². The number of esters is 1. The van der Waals surface area contributed by atoms with E-state index in [-0.39, 0.29) is 12.5 Å². The molecule has 1 aromatic heterocycles. The lowest BCUT2D eigenvalue weighted by molar-refractivity contribution is 0.0530. The molecule has 128 valence electrons. The zero-order chi connectivity index (χ0) is 17.6. The molecule has 25 heavy (non-hydrogen) atoms. The maximum Gasteiger partial charge on any atom is 0.342 e. The number of nitrogens with zero attached hydrogens (tertiary/aromatic N) is 2. The Labute approximate surface area is 150 Å². The van der Waals surface area contributed by atoms with Crippen LogP contribution >= 0.6 is 11.6 Å². The molecule has 0 N–H and O–H groups in total. The highest BCUT2D eigenvalue weighted by atomic mass is 35.5. The molecular weight excluding hydrogens is 340 g/mol. The van der Waals surface area contributed by atoms with E-state index in [4.69, 9.17) is 21.1 Å². The highest BCUT2D eigenvalue weighted by molar-refractivity contribution is 6.18. The third kappa shape index (κ3) is 3.83. The van der Waals surface area contributed by atoms with Gasteiger partial charge in [0.1, 0.15) is 23.6 Å². The molecule has 3 rings (SSSR count). The van der Waals surface area contributed by atoms with Crippen LogP contribution in [0.4, 0.5) is 0 Å². The number of benzene rings is 2. The molecule has 0 aliphatic rings. The maximum absolute atomic E-state index is 12.4. The Hall–Kier alpha value is -2.79. The molecule has 3 aromatic rings. The minimum Gasteiger partial charge on any atom is -0.497 e. The summed E-state index contributed by atoms with van der Waals surface area (Å²) in [5.41, 5.74) is 2.59. The first-order chi connectivity index (χ1) is 12.2. The van der Waals surface area contributed by atoms with E-state index in [9.17, 15) is 4.79 Å². The number of ether oxygens (including phenoxy) is 2. The molecule has 0 amide bonds. The zero-order valence-corrected chi connectivity index (χ0v) is 14.4. The summed E-state index contributed by atoms with van der Waals surface area (Å²) in [6.07, 6.45) is 1.67. The fourth-order valence-corrected chi connectivity index (χ4v) is 2.48. The number of methoxy groups -OCH3 is 1. The number of hydrogen-bond acceptors (Lipinski definition) is 4. The molecule has 0 aliphatic carbocycles. The van der Waals surface area contributed by atoms with Crippen LogP contribution in [-0.4, -0.2) is 35.3 Å². The number of carbonyl (C=O) groups excluding carboxylic acids is 1. The minimum atomic E-state index is -0.450. The molecule has 0 saturated heterocycles. The van der Waals surface area contributed by atoms with Crippen molar-refractivity contribution in [2.75, 3.05) is 19.6 Å². The Morgan fingerprint density at radius 1 is 1.12 bits per heavy atom. The van der Waals surface area contributed by atoms with Crippen molar-refractivity contribution in [1.82, 2.24) is 9.78 Å². The van der Waals surface area contributed by atoms with Gasteiger partial charge in [0.15, 0.2) is 0 Å². The van der Waals surface area contributed by atoms with E-state index in [1.165, 1.54) is 0 Å². The van der Waals surface area contributed by atoms with E-state index < -0.39 is 5.97 Å². The summed E-state index contributed by atoms with van der Waals surface area (Å²) in [5, 5.41) is 4.58. The summed E-state index contributed by atoms with van der Waals surface area (Å²) in [4.78, 5) is 12.4. The van der Waals surface area contributed by atoms with Crippen LogP contribution in [0.5, 0.6) is 5.75 Å². The van der Waals surface area contributed by atoms with Crippen molar-refractivity contribution in [2.45, 2.75) is 0 Å². The Balaban J connectivity index is 2.04. The standard InChI is InChI=1S/C19H17ClN2O3/c1-24-16-9-7-14(8-10-16)18-17(19(23)25-12-11-20)13-22(21-18)15-5-3-2-4-6-15/h2-10,13H,11-12H2,1H3. The van der Waals surface area contributed by atoms with Crippen molar-refractivity contribution in [3.05, 3.63) is 66.4 Å². The first-order valence-corrected chi connectivity index (χ1v) is 8.29. The highest BCUT2D eigenvalue weighted by Gasteiger charge is 2.20. The summed E-state index contributed by atoms with van der Waals surface area (Å²) < 4.78 is 12.0. The lowest BCUT2D eigenvalue weighted by atomic mass is 10.1. The molecule has 0 bridgehead atoms. The Bertz CT molecular complexity index is 845. The number of para-hydroxylation sites is 1.